The summed E-state index contributed by atoms with van der Waals surface area (Å²) >= 11 is 0. The molecule has 0 atom stereocenters. The minimum Gasteiger partial charge on any atom is -0.461 e. The number of fused-ring (bicyclic) bond motifs is 1. The smallest absolute Gasteiger partial charge is 0.137 e. The van der Waals surface area contributed by atoms with E-state index in [1.807, 2.05) is 0 Å². The Balaban J connectivity index is 2.05. The van der Waals surface area contributed by atoms with Crippen LogP contribution in [0.5, 0.6) is 0 Å². The number of nitrogens with one attached hydrogen (secondary N) is 1. The Kier molecular flexibility index (Phi) is 3.62. The topological polar surface area (TPSA) is 25.2 Å². The molecule has 0 amide bonds. The van der Waals surface area contributed by atoms with E-state index in [2.05, 4.69) is 43.4 Å². The van der Waals surface area contributed by atoms with Crippen molar-refractivity contribution < 1.29 is 4.42 Å². The molecule has 0 saturated carbocycles. The molecular formula is C14H19NO. The molecule has 0 aliphatic carbocycles. The van der Waals surface area contributed by atoms with E-state index in [-0.39, 0.29) is 0 Å². The number of hydrogen-bond donors (Lipinski definition) is 1. The summed E-state index contributed by atoms with van der Waals surface area (Å²) in [5, 5.41) is 4.54. The predicted octanol–water partition coefficient (Wildman–Crippen LogP) is 3.28. The minimum absolute atomic E-state index is 1.01. The summed E-state index contributed by atoms with van der Waals surface area (Å²) in [6.07, 6.45) is 2.15. The summed E-state index contributed by atoms with van der Waals surface area (Å²) in [5.41, 5.74) is 2.26. The molecule has 1 aromatic carbocycles. The van der Waals surface area contributed by atoms with Crippen LogP contribution in [0.25, 0.3) is 11.0 Å². The highest BCUT2D eigenvalue weighted by Crippen LogP contribution is 2.23. The summed E-state index contributed by atoms with van der Waals surface area (Å²) in [7, 11) is 0. The molecule has 2 heteroatoms. The zero-order valence-corrected chi connectivity index (χ0v) is 10.0. The monoisotopic (exact) mass is 217 g/mol. The lowest BCUT2D eigenvalue weighted by atomic mass is 10.1. The predicted molar refractivity (Wildman–Crippen MR) is 67.8 cm³/mol. The van der Waals surface area contributed by atoms with E-state index in [9.17, 15) is 0 Å². The summed E-state index contributed by atoms with van der Waals surface area (Å²) in [6.45, 7) is 6.32. The van der Waals surface area contributed by atoms with E-state index in [1.165, 1.54) is 10.9 Å². The number of benzene rings is 1. The van der Waals surface area contributed by atoms with Gasteiger partial charge in [0.2, 0.25) is 0 Å². The summed E-state index contributed by atoms with van der Waals surface area (Å²) in [5.74, 6) is 1.10. The fraction of sp³-hybridized carbons (Fsp3) is 0.429. The van der Waals surface area contributed by atoms with Gasteiger partial charge in [-0.2, -0.15) is 0 Å². The molecule has 16 heavy (non-hydrogen) atoms. The zero-order chi connectivity index (χ0) is 11.4. The molecule has 2 aromatic rings. The van der Waals surface area contributed by atoms with Crippen molar-refractivity contribution in [2.24, 2.45) is 0 Å². The average Bonchev–Trinajstić information content (AvgIpc) is 2.69. The fourth-order valence-electron chi connectivity index (χ4n) is 1.95. The van der Waals surface area contributed by atoms with Crippen LogP contribution in [0, 0.1) is 6.92 Å². The van der Waals surface area contributed by atoms with Crippen LogP contribution in [0.15, 0.2) is 28.7 Å². The van der Waals surface area contributed by atoms with Crippen molar-refractivity contribution in [2.75, 3.05) is 13.1 Å². The molecule has 86 valence electrons. The van der Waals surface area contributed by atoms with Gasteiger partial charge in [0, 0.05) is 11.8 Å². The van der Waals surface area contributed by atoms with Gasteiger partial charge < -0.3 is 9.73 Å². The van der Waals surface area contributed by atoms with Crippen LogP contribution in [0.4, 0.5) is 0 Å². The van der Waals surface area contributed by atoms with Gasteiger partial charge in [-0.05, 0) is 38.1 Å². The van der Waals surface area contributed by atoms with Gasteiger partial charge in [-0.25, -0.2) is 0 Å². The van der Waals surface area contributed by atoms with E-state index in [4.69, 9.17) is 4.42 Å². The zero-order valence-electron chi connectivity index (χ0n) is 10.0. The lowest BCUT2D eigenvalue weighted by Crippen LogP contribution is -2.14. The molecule has 0 aliphatic rings. The summed E-state index contributed by atoms with van der Waals surface area (Å²) < 4.78 is 5.85. The molecule has 0 saturated heterocycles. The molecule has 0 aliphatic heterocycles. The third kappa shape index (κ3) is 2.45. The first kappa shape index (κ1) is 11.2. The second kappa shape index (κ2) is 5.17. The Morgan fingerprint density at radius 3 is 2.94 bits per heavy atom. The van der Waals surface area contributed by atoms with Gasteiger partial charge >= 0.3 is 0 Å². The molecule has 1 N–H and O–H groups in total. The molecule has 1 heterocycles. The highest BCUT2D eigenvalue weighted by atomic mass is 16.3. The largest absolute Gasteiger partial charge is 0.461 e. The van der Waals surface area contributed by atoms with Crippen LogP contribution >= 0.6 is 0 Å². The molecule has 0 unspecified atom stereocenters. The van der Waals surface area contributed by atoms with Crippen molar-refractivity contribution in [1.29, 1.82) is 0 Å². The van der Waals surface area contributed by atoms with E-state index >= 15 is 0 Å². The van der Waals surface area contributed by atoms with Gasteiger partial charge in [-0.15, -0.1) is 0 Å². The Bertz CT molecular complexity index is 459. The maximum Gasteiger partial charge on any atom is 0.137 e. The van der Waals surface area contributed by atoms with Gasteiger partial charge in [-0.1, -0.05) is 25.1 Å². The van der Waals surface area contributed by atoms with Crippen molar-refractivity contribution >= 4 is 11.0 Å². The number of furan rings is 1. The van der Waals surface area contributed by atoms with Crippen LogP contribution in [0.1, 0.15) is 24.7 Å². The molecule has 2 nitrogen and oxygen atoms in total. The molecule has 0 fully saturated rings. The lowest BCUT2D eigenvalue weighted by Gasteiger charge is -1.98. The average molecular weight is 217 g/mol. The fourth-order valence-corrected chi connectivity index (χ4v) is 1.95. The third-order valence-electron chi connectivity index (χ3n) is 2.82. The molecular weight excluding hydrogens is 198 g/mol. The molecule has 2 rings (SSSR count). The first-order valence-corrected chi connectivity index (χ1v) is 6.00. The van der Waals surface area contributed by atoms with Crippen LogP contribution in [0.3, 0.4) is 0 Å². The Labute approximate surface area is 96.6 Å². The first-order valence-electron chi connectivity index (χ1n) is 6.00. The van der Waals surface area contributed by atoms with E-state index in [1.54, 1.807) is 0 Å². The first-order chi connectivity index (χ1) is 7.81. The van der Waals surface area contributed by atoms with Crippen molar-refractivity contribution in [3.63, 3.8) is 0 Å². The normalized spacial score (nSPS) is 11.1. The quantitative estimate of drug-likeness (QED) is 0.777. The Morgan fingerprint density at radius 1 is 1.31 bits per heavy atom. The van der Waals surface area contributed by atoms with Crippen molar-refractivity contribution in [3.05, 3.63) is 35.6 Å². The van der Waals surface area contributed by atoms with Crippen LogP contribution in [-0.2, 0) is 6.42 Å². The maximum absolute atomic E-state index is 5.85. The van der Waals surface area contributed by atoms with E-state index in [0.29, 0.717) is 0 Å². The number of aryl methyl sites for hydroxylation is 2. The summed E-state index contributed by atoms with van der Waals surface area (Å²) in [4.78, 5) is 0. The van der Waals surface area contributed by atoms with Crippen molar-refractivity contribution in [1.82, 2.24) is 5.32 Å². The van der Waals surface area contributed by atoms with Gasteiger partial charge in [0.15, 0.2) is 0 Å². The van der Waals surface area contributed by atoms with E-state index in [0.717, 1.165) is 37.3 Å². The number of para-hydroxylation sites is 1. The Hall–Kier alpha value is -1.28. The maximum atomic E-state index is 5.85. The Morgan fingerprint density at radius 2 is 2.19 bits per heavy atom. The molecule has 1 aromatic heterocycles. The number of rotatable bonds is 5. The lowest BCUT2D eigenvalue weighted by molar-refractivity contribution is 0.529. The van der Waals surface area contributed by atoms with Gasteiger partial charge in [-0.3, -0.25) is 0 Å². The van der Waals surface area contributed by atoms with Crippen molar-refractivity contribution in [3.8, 4) is 0 Å². The standard InChI is InChI=1S/C14H19NO/c1-3-15-9-5-8-13-10-12-7-4-6-11(2)14(12)16-13/h4,6-7,10,15H,3,5,8-9H2,1-2H3. The van der Waals surface area contributed by atoms with Gasteiger partial charge in [0.05, 0.1) is 0 Å². The van der Waals surface area contributed by atoms with Crippen LogP contribution < -0.4 is 5.32 Å². The second-order valence-corrected chi connectivity index (χ2v) is 4.16. The third-order valence-corrected chi connectivity index (χ3v) is 2.82. The van der Waals surface area contributed by atoms with Crippen molar-refractivity contribution in [2.45, 2.75) is 26.7 Å². The van der Waals surface area contributed by atoms with E-state index < -0.39 is 0 Å². The molecule has 0 bridgehead atoms. The highest BCUT2D eigenvalue weighted by molar-refractivity contribution is 5.80. The van der Waals surface area contributed by atoms with Gasteiger partial charge in [0.25, 0.3) is 0 Å². The molecule has 0 radical (unpaired) electrons. The minimum atomic E-state index is 1.01. The highest BCUT2D eigenvalue weighted by Gasteiger charge is 2.04. The van der Waals surface area contributed by atoms with Crippen LogP contribution in [-0.4, -0.2) is 13.1 Å². The van der Waals surface area contributed by atoms with Gasteiger partial charge in [0.1, 0.15) is 11.3 Å². The summed E-state index contributed by atoms with van der Waals surface area (Å²) in [6, 6.07) is 8.44. The number of hydrogen-bond acceptors (Lipinski definition) is 2. The molecule has 0 spiro atoms. The second-order valence-electron chi connectivity index (χ2n) is 4.16. The van der Waals surface area contributed by atoms with Crippen LogP contribution in [0.2, 0.25) is 0 Å². The SMILES string of the molecule is CCNCCCc1cc2cccc(C)c2o1.